The van der Waals surface area contributed by atoms with Gasteiger partial charge in [0.1, 0.15) is 0 Å². The first-order chi connectivity index (χ1) is 16.5. The number of hydrogen-bond acceptors (Lipinski definition) is 2. The molecule has 0 atom stereocenters. The van der Waals surface area contributed by atoms with Gasteiger partial charge in [-0.15, -0.1) is 0 Å². The lowest BCUT2D eigenvalue weighted by Gasteiger charge is -2.18. The molecular formula is C28H23Cl2N3O. The van der Waals surface area contributed by atoms with E-state index in [0.717, 1.165) is 38.8 Å². The number of halogens is 2. The van der Waals surface area contributed by atoms with Gasteiger partial charge in [-0.05, 0) is 60.9 Å². The van der Waals surface area contributed by atoms with E-state index in [-0.39, 0.29) is 5.91 Å². The molecule has 34 heavy (non-hydrogen) atoms. The number of nitrogens with zero attached hydrogens (tertiary/aromatic N) is 2. The number of aromatic amines is 1. The van der Waals surface area contributed by atoms with E-state index in [9.17, 15) is 4.79 Å². The van der Waals surface area contributed by atoms with Gasteiger partial charge < -0.3 is 9.88 Å². The number of anilines is 1. The van der Waals surface area contributed by atoms with Crippen LogP contribution in [0.15, 0.2) is 78.9 Å². The fourth-order valence-electron chi connectivity index (χ4n) is 4.35. The van der Waals surface area contributed by atoms with E-state index >= 15 is 0 Å². The van der Waals surface area contributed by atoms with Crippen molar-refractivity contribution in [3.8, 4) is 11.4 Å². The molecule has 1 N–H and O–H groups in total. The van der Waals surface area contributed by atoms with Crippen LogP contribution in [-0.2, 0) is 11.2 Å². The summed E-state index contributed by atoms with van der Waals surface area (Å²) in [5, 5.41) is 3.40. The van der Waals surface area contributed by atoms with Crippen LogP contribution in [0.1, 0.15) is 18.4 Å². The number of pyridine rings is 1. The van der Waals surface area contributed by atoms with Crippen LogP contribution in [0.25, 0.3) is 33.2 Å². The number of aryl methyl sites for hydroxylation is 1. The number of para-hydroxylation sites is 2. The molecule has 0 unspecified atom stereocenters. The molecule has 5 rings (SSSR count). The Morgan fingerprint density at radius 2 is 1.76 bits per heavy atom. The van der Waals surface area contributed by atoms with Gasteiger partial charge in [0.05, 0.1) is 27.6 Å². The molecular weight excluding hydrogens is 465 g/mol. The second-order valence-electron chi connectivity index (χ2n) is 8.32. The third-order valence-electron chi connectivity index (χ3n) is 6.13. The van der Waals surface area contributed by atoms with Gasteiger partial charge in [0, 0.05) is 34.8 Å². The van der Waals surface area contributed by atoms with E-state index in [1.807, 2.05) is 60.7 Å². The van der Waals surface area contributed by atoms with Gasteiger partial charge in [-0.2, -0.15) is 0 Å². The number of rotatable bonds is 6. The highest BCUT2D eigenvalue weighted by atomic mass is 35.5. The van der Waals surface area contributed by atoms with Crippen LogP contribution in [0.4, 0.5) is 5.69 Å². The van der Waals surface area contributed by atoms with E-state index in [1.54, 1.807) is 18.0 Å². The lowest BCUT2D eigenvalue weighted by atomic mass is 10.0. The van der Waals surface area contributed by atoms with Crippen molar-refractivity contribution in [3.05, 3.63) is 94.5 Å². The van der Waals surface area contributed by atoms with Crippen LogP contribution in [0.5, 0.6) is 0 Å². The third kappa shape index (κ3) is 4.39. The highest BCUT2D eigenvalue weighted by molar-refractivity contribution is 6.33. The van der Waals surface area contributed by atoms with Crippen molar-refractivity contribution in [2.45, 2.75) is 19.3 Å². The summed E-state index contributed by atoms with van der Waals surface area (Å²) in [5.74, 6) is 0.0244. The third-order valence-corrected chi connectivity index (χ3v) is 6.68. The predicted molar refractivity (Wildman–Crippen MR) is 142 cm³/mol. The molecule has 0 fully saturated rings. The summed E-state index contributed by atoms with van der Waals surface area (Å²) in [6.45, 7) is 0. The van der Waals surface area contributed by atoms with Crippen molar-refractivity contribution >= 4 is 56.6 Å². The highest BCUT2D eigenvalue weighted by Crippen LogP contribution is 2.33. The van der Waals surface area contributed by atoms with Gasteiger partial charge >= 0.3 is 0 Å². The molecule has 0 aliphatic heterocycles. The standard InChI is InChI=1S/C28H23Cl2N3O/c1-33(26-11-5-3-9-22(26)30)27(34)12-6-8-20-21-17-19(29)14-16-24(21)32-28(20)25-15-13-18-7-2-4-10-23(18)31-25/h2-5,7,9-11,13-17,32H,6,8,12H2,1H3. The minimum atomic E-state index is 0.0244. The highest BCUT2D eigenvalue weighted by Gasteiger charge is 2.17. The molecule has 2 heterocycles. The smallest absolute Gasteiger partial charge is 0.226 e. The van der Waals surface area contributed by atoms with Gasteiger partial charge in [0.25, 0.3) is 0 Å². The normalized spacial score (nSPS) is 11.3. The van der Waals surface area contributed by atoms with Gasteiger partial charge in [-0.1, -0.05) is 59.6 Å². The van der Waals surface area contributed by atoms with Crippen LogP contribution >= 0.6 is 23.2 Å². The summed E-state index contributed by atoms with van der Waals surface area (Å²) in [5.41, 5.74) is 5.63. The van der Waals surface area contributed by atoms with Gasteiger partial charge in [0.15, 0.2) is 0 Å². The topological polar surface area (TPSA) is 49.0 Å². The largest absolute Gasteiger partial charge is 0.353 e. The van der Waals surface area contributed by atoms with Crippen LogP contribution < -0.4 is 4.90 Å². The Labute approximate surface area is 208 Å². The van der Waals surface area contributed by atoms with E-state index < -0.39 is 0 Å². The number of amides is 1. The zero-order valence-corrected chi connectivity index (χ0v) is 20.2. The molecule has 1 amide bonds. The van der Waals surface area contributed by atoms with Gasteiger partial charge in [-0.25, -0.2) is 4.98 Å². The Kier molecular flexibility index (Phi) is 6.27. The van der Waals surface area contributed by atoms with E-state index in [1.165, 1.54) is 0 Å². The first-order valence-electron chi connectivity index (χ1n) is 11.2. The minimum absolute atomic E-state index is 0.0244. The molecule has 170 valence electrons. The number of fused-ring (bicyclic) bond motifs is 2. The monoisotopic (exact) mass is 487 g/mol. The molecule has 2 aromatic heterocycles. The number of nitrogens with one attached hydrogen (secondary N) is 1. The molecule has 0 saturated carbocycles. The maximum Gasteiger partial charge on any atom is 0.226 e. The summed E-state index contributed by atoms with van der Waals surface area (Å²) in [7, 11) is 1.76. The molecule has 0 aliphatic rings. The average molecular weight is 488 g/mol. The van der Waals surface area contributed by atoms with Crippen molar-refractivity contribution in [2.75, 3.05) is 11.9 Å². The molecule has 4 nitrogen and oxygen atoms in total. The zero-order chi connectivity index (χ0) is 23.7. The summed E-state index contributed by atoms with van der Waals surface area (Å²) in [6.07, 6.45) is 1.81. The summed E-state index contributed by atoms with van der Waals surface area (Å²) in [6, 6.07) is 25.4. The number of H-pyrrole nitrogens is 1. The van der Waals surface area contributed by atoms with Crippen molar-refractivity contribution < 1.29 is 4.79 Å². The molecule has 0 radical (unpaired) electrons. The average Bonchev–Trinajstić information content (AvgIpc) is 3.21. The fraction of sp³-hybridized carbons (Fsp3) is 0.143. The summed E-state index contributed by atoms with van der Waals surface area (Å²) >= 11 is 12.6. The van der Waals surface area contributed by atoms with Crippen molar-refractivity contribution in [1.29, 1.82) is 0 Å². The van der Waals surface area contributed by atoms with Crippen molar-refractivity contribution in [2.24, 2.45) is 0 Å². The SMILES string of the molecule is CN(C(=O)CCCc1c(-c2ccc3ccccc3n2)[nH]c2ccc(Cl)cc12)c1ccccc1Cl. The minimum Gasteiger partial charge on any atom is -0.353 e. The number of hydrogen-bond donors (Lipinski definition) is 1. The molecule has 5 aromatic rings. The van der Waals surface area contributed by atoms with Crippen LogP contribution in [-0.4, -0.2) is 22.9 Å². The predicted octanol–water partition coefficient (Wildman–Crippen LogP) is 7.68. The Balaban J connectivity index is 1.43. The van der Waals surface area contributed by atoms with E-state index in [4.69, 9.17) is 28.2 Å². The van der Waals surface area contributed by atoms with E-state index in [0.29, 0.717) is 35.0 Å². The summed E-state index contributed by atoms with van der Waals surface area (Å²) < 4.78 is 0. The lowest BCUT2D eigenvalue weighted by Crippen LogP contribution is -2.26. The zero-order valence-electron chi connectivity index (χ0n) is 18.7. The van der Waals surface area contributed by atoms with Crippen molar-refractivity contribution in [3.63, 3.8) is 0 Å². The summed E-state index contributed by atoms with van der Waals surface area (Å²) in [4.78, 5) is 22.9. The van der Waals surface area contributed by atoms with Gasteiger partial charge in [0.2, 0.25) is 5.91 Å². The van der Waals surface area contributed by atoms with Crippen LogP contribution in [0, 0.1) is 0 Å². The Morgan fingerprint density at radius 1 is 0.971 bits per heavy atom. The first-order valence-corrected chi connectivity index (χ1v) is 11.9. The number of carbonyl (C=O) groups is 1. The second-order valence-corrected chi connectivity index (χ2v) is 9.16. The van der Waals surface area contributed by atoms with E-state index in [2.05, 4.69) is 17.1 Å². The quantitative estimate of drug-likeness (QED) is 0.267. The molecule has 3 aromatic carbocycles. The van der Waals surface area contributed by atoms with Gasteiger partial charge in [-0.3, -0.25) is 4.79 Å². The van der Waals surface area contributed by atoms with Crippen molar-refractivity contribution in [1.82, 2.24) is 9.97 Å². The lowest BCUT2D eigenvalue weighted by molar-refractivity contribution is -0.118. The molecule has 0 saturated heterocycles. The number of carbonyl (C=O) groups excluding carboxylic acids is 1. The maximum atomic E-state index is 12.9. The van der Waals surface area contributed by atoms with Crippen LogP contribution in [0.2, 0.25) is 10.0 Å². The fourth-order valence-corrected chi connectivity index (χ4v) is 4.78. The maximum absolute atomic E-state index is 12.9. The second kappa shape index (κ2) is 9.49. The molecule has 0 bridgehead atoms. The molecule has 0 spiro atoms. The Bertz CT molecular complexity index is 1510. The Morgan fingerprint density at radius 3 is 2.62 bits per heavy atom. The van der Waals surface area contributed by atoms with Crippen LogP contribution in [0.3, 0.4) is 0 Å². The Hall–Kier alpha value is -3.34. The number of aromatic nitrogens is 2. The first kappa shape index (κ1) is 22.5. The number of benzene rings is 3. The molecule has 6 heteroatoms. The molecule has 0 aliphatic carbocycles.